The second kappa shape index (κ2) is 16.5. The quantitative estimate of drug-likeness (QED) is 0.175. The number of Topliss-reactive ketones (excluding diaryl/α,β-unsaturated/α-hetero) is 1. The molecule has 1 fully saturated rings. The normalized spacial score (nSPS) is 14.7. The van der Waals surface area contributed by atoms with Crippen molar-refractivity contribution in [1.29, 1.82) is 0 Å². The smallest absolute Gasteiger partial charge is 0.325 e. The summed E-state index contributed by atoms with van der Waals surface area (Å²) < 4.78 is 12.3. The summed E-state index contributed by atoms with van der Waals surface area (Å²) in [6, 6.07) is 16.3. The molecule has 0 unspecified atom stereocenters. The lowest BCUT2D eigenvalue weighted by molar-refractivity contribution is -0.146. The van der Waals surface area contributed by atoms with Crippen LogP contribution in [0.15, 0.2) is 60.7 Å². The highest BCUT2D eigenvalue weighted by atomic mass is 16.5. The fourth-order valence-electron chi connectivity index (χ4n) is 5.66. The Hall–Kier alpha value is -4.51. The summed E-state index contributed by atoms with van der Waals surface area (Å²) in [6.45, 7) is 1.12. The molecule has 0 saturated heterocycles. The molecule has 2 atom stereocenters. The third-order valence-electron chi connectivity index (χ3n) is 8.05. The first-order chi connectivity index (χ1) is 21.8. The Labute approximate surface area is 263 Å². The monoisotopic (exact) mass is 618 g/mol. The molecule has 3 N–H and O–H groups in total. The van der Waals surface area contributed by atoms with Crippen molar-refractivity contribution in [1.82, 2.24) is 20.5 Å². The first-order valence-electron chi connectivity index (χ1n) is 15.5. The predicted octanol–water partition coefficient (Wildman–Crippen LogP) is 3.20. The average Bonchev–Trinajstić information content (AvgIpc) is 3.39. The minimum absolute atomic E-state index is 0.127. The van der Waals surface area contributed by atoms with Gasteiger partial charge in [0.15, 0.2) is 0 Å². The van der Waals surface area contributed by atoms with Gasteiger partial charge in [-0.15, -0.1) is 0 Å². The first kappa shape index (κ1) is 33.4. The third-order valence-corrected chi connectivity index (χ3v) is 8.05. The number of ketones is 1. The van der Waals surface area contributed by atoms with Gasteiger partial charge in [-0.25, -0.2) is 0 Å². The van der Waals surface area contributed by atoms with E-state index >= 15 is 0 Å². The van der Waals surface area contributed by atoms with E-state index in [1.807, 2.05) is 54.6 Å². The molecule has 240 valence electrons. The SMILES string of the molecule is CCOC(=O)CNC(=O)C(=O)[C@H](COCc1ccccc1)NC(=O)[C@H](CC1CCCCC1)NC(=O)c1cc2ccccc2n1C. The van der Waals surface area contributed by atoms with Crippen LogP contribution in [0.4, 0.5) is 0 Å². The molecular formula is C34H42N4O7. The van der Waals surface area contributed by atoms with Crippen LogP contribution in [0.2, 0.25) is 0 Å². The molecule has 1 heterocycles. The zero-order valence-electron chi connectivity index (χ0n) is 25.9. The number of hydrogen-bond donors (Lipinski definition) is 3. The molecule has 3 amide bonds. The maximum Gasteiger partial charge on any atom is 0.325 e. The summed E-state index contributed by atoms with van der Waals surface area (Å²) in [5, 5.41) is 8.73. The zero-order valence-corrected chi connectivity index (χ0v) is 25.9. The third kappa shape index (κ3) is 9.49. The Balaban J connectivity index is 1.51. The van der Waals surface area contributed by atoms with Gasteiger partial charge in [-0.05, 0) is 37.0 Å². The molecule has 4 rings (SSSR count). The largest absolute Gasteiger partial charge is 0.465 e. The number of carbonyl (C=O) groups excluding carboxylic acids is 5. The molecule has 1 aromatic heterocycles. The van der Waals surface area contributed by atoms with Gasteiger partial charge in [-0.1, -0.05) is 80.6 Å². The Kier molecular flexibility index (Phi) is 12.3. The van der Waals surface area contributed by atoms with Crippen molar-refractivity contribution in [2.75, 3.05) is 19.8 Å². The summed E-state index contributed by atoms with van der Waals surface area (Å²) in [7, 11) is 1.79. The molecule has 11 heteroatoms. The van der Waals surface area contributed by atoms with Crippen LogP contribution in [0.25, 0.3) is 10.9 Å². The van der Waals surface area contributed by atoms with Gasteiger partial charge in [-0.2, -0.15) is 0 Å². The highest BCUT2D eigenvalue weighted by Gasteiger charge is 2.33. The highest BCUT2D eigenvalue weighted by molar-refractivity contribution is 6.38. The van der Waals surface area contributed by atoms with Crippen molar-refractivity contribution in [3.05, 3.63) is 71.9 Å². The molecule has 0 radical (unpaired) electrons. The van der Waals surface area contributed by atoms with Crippen LogP contribution in [-0.2, 0) is 42.3 Å². The summed E-state index contributed by atoms with van der Waals surface area (Å²) in [6.07, 6.45) is 5.49. The Bertz CT molecular complexity index is 1480. The van der Waals surface area contributed by atoms with Crippen LogP contribution in [-0.4, -0.2) is 65.9 Å². The summed E-state index contributed by atoms with van der Waals surface area (Å²) in [5.41, 5.74) is 2.12. The van der Waals surface area contributed by atoms with Gasteiger partial charge < -0.3 is 30.0 Å². The number of amides is 3. The lowest BCUT2D eigenvalue weighted by Gasteiger charge is -2.28. The fourth-order valence-corrected chi connectivity index (χ4v) is 5.66. The van der Waals surface area contributed by atoms with Crippen molar-refractivity contribution >= 4 is 40.4 Å². The zero-order chi connectivity index (χ0) is 32.2. The number of nitrogens with one attached hydrogen (secondary N) is 3. The number of benzene rings is 2. The van der Waals surface area contributed by atoms with Gasteiger partial charge in [-0.3, -0.25) is 24.0 Å². The van der Waals surface area contributed by atoms with Crippen LogP contribution >= 0.6 is 0 Å². The van der Waals surface area contributed by atoms with E-state index in [9.17, 15) is 24.0 Å². The van der Waals surface area contributed by atoms with Crippen molar-refractivity contribution in [2.24, 2.45) is 13.0 Å². The van der Waals surface area contributed by atoms with E-state index in [-0.39, 0.29) is 25.7 Å². The van der Waals surface area contributed by atoms with Gasteiger partial charge in [0.25, 0.3) is 11.8 Å². The molecule has 1 saturated carbocycles. The molecule has 0 bridgehead atoms. The molecule has 1 aliphatic rings. The number of aromatic nitrogens is 1. The highest BCUT2D eigenvalue weighted by Crippen LogP contribution is 2.28. The molecule has 0 spiro atoms. The van der Waals surface area contributed by atoms with E-state index in [0.717, 1.165) is 48.6 Å². The Morgan fingerprint density at radius 3 is 2.33 bits per heavy atom. The van der Waals surface area contributed by atoms with Crippen molar-refractivity contribution in [3.8, 4) is 0 Å². The van der Waals surface area contributed by atoms with Crippen molar-refractivity contribution in [3.63, 3.8) is 0 Å². The van der Waals surface area contributed by atoms with E-state index in [4.69, 9.17) is 9.47 Å². The number of hydrogen-bond acceptors (Lipinski definition) is 7. The molecular weight excluding hydrogens is 576 g/mol. The summed E-state index contributed by atoms with van der Waals surface area (Å²) >= 11 is 0. The second-order valence-electron chi connectivity index (χ2n) is 11.3. The number of nitrogens with zero attached hydrogens (tertiary/aromatic N) is 1. The molecule has 1 aliphatic carbocycles. The standard InChI is InChI=1S/C34H42N4O7/c1-3-45-30(39)20-35-34(43)31(40)27(22-44-21-24-14-8-5-9-15-24)37-32(41)26(18-23-12-6-4-7-13-23)36-33(42)29-19-25-16-10-11-17-28(25)38(29)2/h5,8-11,14-17,19,23,26-27H,3-4,6-7,12-13,18,20-22H2,1-2H3,(H,35,43)(H,36,42)(H,37,41)/t26-,27-/m0/s1. The van der Waals surface area contributed by atoms with Crippen molar-refractivity contribution in [2.45, 2.75) is 64.1 Å². The number of rotatable bonds is 15. The average molecular weight is 619 g/mol. The molecule has 11 nitrogen and oxygen atoms in total. The van der Waals surface area contributed by atoms with Crippen molar-refractivity contribution < 1.29 is 33.4 Å². The van der Waals surface area contributed by atoms with Crippen LogP contribution in [0.3, 0.4) is 0 Å². The van der Waals surface area contributed by atoms with Crippen LogP contribution in [0.1, 0.15) is 61.5 Å². The van der Waals surface area contributed by atoms with E-state index in [0.29, 0.717) is 12.1 Å². The lowest BCUT2D eigenvalue weighted by Crippen LogP contribution is -2.56. The van der Waals surface area contributed by atoms with Gasteiger partial charge in [0.05, 0.1) is 19.8 Å². The molecule has 2 aromatic carbocycles. The number of aryl methyl sites for hydroxylation is 1. The first-order valence-corrected chi connectivity index (χ1v) is 15.5. The minimum atomic E-state index is -1.35. The molecule has 0 aliphatic heterocycles. The predicted molar refractivity (Wildman–Crippen MR) is 168 cm³/mol. The summed E-state index contributed by atoms with van der Waals surface area (Å²) in [4.78, 5) is 65.1. The van der Waals surface area contributed by atoms with Crippen LogP contribution < -0.4 is 16.0 Å². The summed E-state index contributed by atoms with van der Waals surface area (Å²) in [5.74, 6) is -3.51. The number of esters is 1. The van der Waals surface area contributed by atoms with Gasteiger partial charge in [0.2, 0.25) is 11.7 Å². The fraction of sp³-hybridized carbons (Fsp3) is 0.441. The van der Waals surface area contributed by atoms with E-state index in [2.05, 4.69) is 16.0 Å². The molecule has 3 aromatic rings. The number of ether oxygens (including phenoxy) is 2. The van der Waals surface area contributed by atoms with Crippen LogP contribution in [0, 0.1) is 5.92 Å². The van der Waals surface area contributed by atoms with Crippen LogP contribution in [0.5, 0.6) is 0 Å². The molecule has 45 heavy (non-hydrogen) atoms. The van der Waals surface area contributed by atoms with E-state index in [1.165, 1.54) is 0 Å². The Morgan fingerprint density at radius 1 is 0.911 bits per heavy atom. The topological polar surface area (TPSA) is 145 Å². The van der Waals surface area contributed by atoms with Gasteiger partial charge in [0, 0.05) is 18.0 Å². The maximum atomic E-state index is 13.8. The lowest BCUT2D eigenvalue weighted by atomic mass is 9.84. The number of para-hydroxylation sites is 1. The number of carbonyl (C=O) groups is 5. The van der Waals surface area contributed by atoms with E-state index < -0.39 is 48.1 Å². The second-order valence-corrected chi connectivity index (χ2v) is 11.3. The number of fused-ring (bicyclic) bond motifs is 1. The van der Waals surface area contributed by atoms with Gasteiger partial charge in [0.1, 0.15) is 24.3 Å². The van der Waals surface area contributed by atoms with Gasteiger partial charge >= 0.3 is 5.97 Å². The minimum Gasteiger partial charge on any atom is -0.465 e. The maximum absolute atomic E-state index is 13.8. The Morgan fingerprint density at radius 2 is 1.62 bits per heavy atom. The van der Waals surface area contributed by atoms with E-state index in [1.54, 1.807) is 24.6 Å².